The van der Waals surface area contributed by atoms with Gasteiger partial charge in [-0.2, -0.15) is 0 Å². The van der Waals surface area contributed by atoms with Gasteiger partial charge in [-0.15, -0.1) is 0 Å². The van der Waals surface area contributed by atoms with E-state index in [4.69, 9.17) is 10.5 Å². The van der Waals surface area contributed by atoms with E-state index in [2.05, 4.69) is 0 Å². The van der Waals surface area contributed by atoms with E-state index >= 15 is 0 Å². The number of rotatable bonds is 3. The van der Waals surface area contributed by atoms with Crippen LogP contribution in [0.3, 0.4) is 0 Å². The van der Waals surface area contributed by atoms with Crippen molar-refractivity contribution in [3.63, 3.8) is 0 Å². The van der Waals surface area contributed by atoms with Crippen LogP contribution >= 0.6 is 0 Å². The normalized spacial score (nSPS) is 12.3. The van der Waals surface area contributed by atoms with Crippen LogP contribution in [-0.4, -0.2) is 7.11 Å². The maximum atomic E-state index is 13.9. The van der Waals surface area contributed by atoms with Crippen molar-refractivity contribution in [1.82, 2.24) is 0 Å². The van der Waals surface area contributed by atoms with Crippen molar-refractivity contribution in [3.8, 4) is 5.75 Å². The molecule has 0 aromatic heterocycles. The molecule has 0 saturated heterocycles. The number of halogens is 3. The van der Waals surface area contributed by atoms with Crippen LogP contribution < -0.4 is 10.5 Å². The van der Waals surface area contributed by atoms with Crippen LogP contribution in [-0.2, 0) is 0 Å². The lowest BCUT2D eigenvalue weighted by atomic mass is 9.97. The fraction of sp³-hybridized carbons (Fsp3) is 0.200. The lowest BCUT2D eigenvalue weighted by molar-refractivity contribution is 0.410. The van der Waals surface area contributed by atoms with E-state index < -0.39 is 23.5 Å². The van der Waals surface area contributed by atoms with E-state index in [9.17, 15) is 13.2 Å². The number of hydrogen-bond acceptors (Lipinski definition) is 2. The fourth-order valence-corrected chi connectivity index (χ4v) is 1.96. The summed E-state index contributed by atoms with van der Waals surface area (Å²) in [6, 6.07) is 5.75. The van der Waals surface area contributed by atoms with Gasteiger partial charge in [-0.3, -0.25) is 0 Å². The molecule has 5 heteroatoms. The summed E-state index contributed by atoms with van der Waals surface area (Å²) in [7, 11) is 1.41. The predicted octanol–water partition coefficient (Wildman–Crippen LogP) is 3.47. The van der Waals surface area contributed by atoms with Gasteiger partial charge in [0.25, 0.3) is 0 Å². The van der Waals surface area contributed by atoms with Gasteiger partial charge in [-0.1, -0.05) is 18.2 Å². The monoisotopic (exact) mass is 281 g/mol. The Balaban J connectivity index is 2.46. The summed E-state index contributed by atoms with van der Waals surface area (Å²) in [5.74, 6) is -2.31. The molecule has 106 valence electrons. The smallest absolute Gasteiger partial charge is 0.164 e. The highest BCUT2D eigenvalue weighted by Crippen LogP contribution is 2.28. The molecule has 0 aliphatic carbocycles. The zero-order valence-corrected chi connectivity index (χ0v) is 11.1. The van der Waals surface area contributed by atoms with Gasteiger partial charge < -0.3 is 10.5 Å². The third kappa shape index (κ3) is 2.49. The Hall–Kier alpha value is -2.01. The molecule has 2 aromatic carbocycles. The van der Waals surface area contributed by atoms with Crippen molar-refractivity contribution in [2.75, 3.05) is 7.11 Å². The second-order valence-electron chi connectivity index (χ2n) is 4.46. The van der Waals surface area contributed by atoms with Crippen LogP contribution in [0.25, 0.3) is 0 Å². The highest BCUT2D eigenvalue weighted by Gasteiger charge is 2.20. The largest absolute Gasteiger partial charge is 0.497 e. The van der Waals surface area contributed by atoms with E-state index in [1.807, 2.05) is 0 Å². The summed E-state index contributed by atoms with van der Waals surface area (Å²) < 4.78 is 46.2. The van der Waals surface area contributed by atoms with Crippen LogP contribution in [0.5, 0.6) is 5.75 Å². The average molecular weight is 281 g/mol. The van der Waals surface area contributed by atoms with Gasteiger partial charge in [0.15, 0.2) is 11.6 Å². The Labute approximate surface area is 115 Å². The van der Waals surface area contributed by atoms with Crippen LogP contribution in [0.4, 0.5) is 13.2 Å². The van der Waals surface area contributed by atoms with Crippen LogP contribution in [0.15, 0.2) is 30.3 Å². The fourth-order valence-electron chi connectivity index (χ4n) is 1.96. The third-order valence-corrected chi connectivity index (χ3v) is 3.18. The SMILES string of the molecule is COc1ccc(C(N)c2ccc(C)c(F)c2F)c(F)c1. The lowest BCUT2D eigenvalue weighted by Crippen LogP contribution is -2.16. The van der Waals surface area contributed by atoms with E-state index in [1.165, 1.54) is 38.3 Å². The van der Waals surface area contributed by atoms with Crippen molar-refractivity contribution >= 4 is 0 Å². The van der Waals surface area contributed by atoms with Crippen molar-refractivity contribution in [1.29, 1.82) is 0 Å². The third-order valence-electron chi connectivity index (χ3n) is 3.18. The molecule has 2 aromatic rings. The first-order valence-corrected chi connectivity index (χ1v) is 5.99. The molecule has 2 N–H and O–H groups in total. The van der Waals surface area contributed by atoms with Gasteiger partial charge in [0, 0.05) is 17.2 Å². The van der Waals surface area contributed by atoms with Crippen LogP contribution in [0.1, 0.15) is 22.7 Å². The van der Waals surface area contributed by atoms with Gasteiger partial charge in [0.05, 0.1) is 13.2 Å². The predicted molar refractivity (Wildman–Crippen MR) is 70.1 cm³/mol. The molecule has 1 unspecified atom stereocenters. The van der Waals surface area contributed by atoms with E-state index in [1.54, 1.807) is 0 Å². The summed E-state index contributed by atoms with van der Waals surface area (Å²) in [6.45, 7) is 1.45. The molecule has 0 saturated carbocycles. The van der Waals surface area contributed by atoms with Gasteiger partial charge in [-0.05, 0) is 18.6 Å². The Morgan fingerprint density at radius 2 is 1.65 bits per heavy atom. The highest BCUT2D eigenvalue weighted by molar-refractivity contribution is 5.38. The Morgan fingerprint density at radius 3 is 2.25 bits per heavy atom. The minimum atomic E-state index is -1.09. The number of ether oxygens (including phenoxy) is 1. The number of benzene rings is 2. The van der Waals surface area contributed by atoms with E-state index in [-0.39, 0.29) is 16.7 Å². The quantitative estimate of drug-likeness (QED) is 0.935. The minimum absolute atomic E-state index is 0.0768. The molecule has 0 spiro atoms. The summed E-state index contributed by atoms with van der Waals surface area (Å²) in [4.78, 5) is 0. The lowest BCUT2D eigenvalue weighted by Gasteiger charge is -2.16. The first-order chi connectivity index (χ1) is 9.45. The molecule has 20 heavy (non-hydrogen) atoms. The molecule has 2 rings (SSSR count). The molecule has 0 aliphatic heterocycles. The van der Waals surface area contributed by atoms with Crippen molar-refractivity contribution in [2.24, 2.45) is 5.73 Å². The summed E-state index contributed by atoms with van der Waals surface area (Å²) in [5.41, 5.74) is 6.01. The number of nitrogens with two attached hydrogens (primary N) is 1. The van der Waals surface area contributed by atoms with Crippen LogP contribution in [0, 0.1) is 24.4 Å². The van der Waals surface area contributed by atoms with Gasteiger partial charge >= 0.3 is 0 Å². The molecule has 2 nitrogen and oxygen atoms in total. The van der Waals surface area contributed by atoms with Gasteiger partial charge in [-0.25, -0.2) is 13.2 Å². The minimum Gasteiger partial charge on any atom is -0.497 e. The molecule has 0 fully saturated rings. The van der Waals surface area contributed by atoms with E-state index in [0.717, 1.165) is 6.07 Å². The second kappa shape index (κ2) is 5.54. The summed E-state index contributed by atoms with van der Waals surface area (Å²) >= 11 is 0. The number of aryl methyl sites for hydroxylation is 1. The maximum Gasteiger partial charge on any atom is 0.164 e. The molecule has 0 bridgehead atoms. The van der Waals surface area contributed by atoms with E-state index in [0.29, 0.717) is 5.75 Å². The Bertz CT molecular complexity index is 643. The molecule has 1 atom stereocenters. The molecular weight excluding hydrogens is 267 g/mol. The Kier molecular flexibility index (Phi) is 3.99. The zero-order valence-electron chi connectivity index (χ0n) is 11.1. The topological polar surface area (TPSA) is 35.2 Å². The van der Waals surface area contributed by atoms with Crippen molar-refractivity contribution in [3.05, 3.63) is 64.5 Å². The standard InChI is InChI=1S/C15H14F3NO/c1-8-3-5-11(14(18)13(8)17)15(19)10-6-4-9(20-2)7-12(10)16/h3-7,15H,19H2,1-2H3. The summed E-state index contributed by atoms with van der Waals surface area (Å²) in [5, 5.41) is 0. The molecule has 0 aliphatic rings. The van der Waals surface area contributed by atoms with Crippen molar-refractivity contribution in [2.45, 2.75) is 13.0 Å². The zero-order chi connectivity index (χ0) is 14.9. The molecule has 0 amide bonds. The maximum absolute atomic E-state index is 13.9. The molecule has 0 radical (unpaired) electrons. The summed E-state index contributed by atoms with van der Waals surface area (Å²) in [6.07, 6.45) is 0. The first kappa shape index (κ1) is 14.4. The molecular formula is C15H14F3NO. The highest BCUT2D eigenvalue weighted by atomic mass is 19.2. The van der Waals surface area contributed by atoms with Crippen LogP contribution in [0.2, 0.25) is 0 Å². The first-order valence-electron chi connectivity index (χ1n) is 5.99. The van der Waals surface area contributed by atoms with Gasteiger partial charge in [0.2, 0.25) is 0 Å². The Morgan fingerprint density at radius 1 is 1.00 bits per heavy atom. The van der Waals surface area contributed by atoms with Gasteiger partial charge in [0.1, 0.15) is 11.6 Å². The molecule has 0 heterocycles. The number of hydrogen-bond donors (Lipinski definition) is 1. The van der Waals surface area contributed by atoms with Crippen molar-refractivity contribution < 1.29 is 17.9 Å². The average Bonchev–Trinajstić information content (AvgIpc) is 2.44. The number of methoxy groups -OCH3 is 1. The second-order valence-corrected chi connectivity index (χ2v) is 4.46.